The fraction of sp³-hybridized carbons (Fsp3) is 0.0909. The number of carbonyl (C=O) groups excluding carboxylic acids is 1. The number of amides is 1. The molecular formula is C22H18N2O2S. The van der Waals surface area contributed by atoms with E-state index in [2.05, 4.69) is 22.4 Å². The van der Waals surface area contributed by atoms with Gasteiger partial charge in [0.05, 0.1) is 0 Å². The van der Waals surface area contributed by atoms with E-state index in [1.807, 2.05) is 66.9 Å². The van der Waals surface area contributed by atoms with Gasteiger partial charge in [0.15, 0.2) is 10.9 Å². The van der Waals surface area contributed by atoms with E-state index >= 15 is 0 Å². The Kier molecular flexibility index (Phi) is 4.85. The molecule has 5 heteroatoms. The number of nitrogens with zero attached hydrogens (tertiary/aromatic N) is 1. The van der Waals surface area contributed by atoms with E-state index in [1.165, 1.54) is 22.5 Å². The van der Waals surface area contributed by atoms with Crippen LogP contribution in [0.1, 0.15) is 27.2 Å². The van der Waals surface area contributed by atoms with Gasteiger partial charge in [-0.3, -0.25) is 10.1 Å². The van der Waals surface area contributed by atoms with E-state index in [1.54, 1.807) is 0 Å². The van der Waals surface area contributed by atoms with Crippen molar-refractivity contribution < 1.29 is 9.21 Å². The average Bonchev–Trinajstić information content (AvgIpc) is 3.32. The number of aromatic nitrogens is 1. The highest BCUT2D eigenvalue weighted by Crippen LogP contribution is 2.26. The molecule has 2 aromatic carbocycles. The number of thiazole rings is 1. The molecule has 4 aromatic rings. The Labute approximate surface area is 161 Å². The van der Waals surface area contributed by atoms with Crippen molar-refractivity contribution in [1.29, 1.82) is 0 Å². The summed E-state index contributed by atoms with van der Waals surface area (Å²) in [6.07, 6.45) is 0.848. The number of furan rings is 1. The molecule has 0 fully saturated rings. The van der Waals surface area contributed by atoms with Crippen molar-refractivity contribution in [3.8, 4) is 11.5 Å². The first-order chi connectivity index (χ1) is 13.2. The summed E-state index contributed by atoms with van der Waals surface area (Å²) < 4.78 is 5.57. The van der Waals surface area contributed by atoms with Crippen molar-refractivity contribution in [1.82, 2.24) is 4.98 Å². The molecular weight excluding hydrogens is 356 g/mol. The predicted molar refractivity (Wildman–Crippen MR) is 108 cm³/mol. The number of benzene rings is 2. The second kappa shape index (κ2) is 7.60. The maximum absolute atomic E-state index is 12.5. The molecule has 4 nitrogen and oxygen atoms in total. The van der Waals surface area contributed by atoms with Crippen LogP contribution in [0, 0.1) is 6.92 Å². The summed E-state index contributed by atoms with van der Waals surface area (Å²) in [7, 11) is 0. The molecule has 0 saturated heterocycles. The van der Waals surface area contributed by atoms with Gasteiger partial charge in [0, 0.05) is 10.9 Å². The van der Waals surface area contributed by atoms with Crippen molar-refractivity contribution in [2.75, 3.05) is 5.32 Å². The zero-order chi connectivity index (χ0) is 18.6. The molecule has 4 rings (SSSR count). The Bertz CT molecular complexity index is 1050. The van der Waals surface area contributed by atoms with Gasteiger partial charge in [0.2, 0.25) is 0 Å². The van der Waals surface area contributed by atoms with Crippen molar-refractivity contribution >= 4 is 22.4 Å². The standard InChI is InChI=1S/C22H18N2O2S/c1-15-7-12-20(26-15)19-14-27-22(23-19)24-21(25)18-10-8-17(9-11-18)13-16-5-3-2-4-6-16/h2-12,14H,13H2,1H3,(H,23,24,25). The third-order valence-corrected chi connectivity index (χ3v) is 4.94. The topological polar surface area (TPSA) is 55.1 Å². The van der Waals surface area contributed by atoms with E-state index in [4.69, 9.17) is 4.42 Å². The molecule has 0 radical (unpaired) electrons. The van der Waals surface area contributed by atoms with Gasteiger partial charge < -0.3 is 4.42 Å². The van der Waals surface area contributed by atoms with Crippen molar-refractivity contribution in [3.63, 3.8) is 0 Å². The summed E-state index contributed by atoms with van der Waals surface area (Å²) >= 11 is 1.38. The molecule has 0 bridgehead atoms. The van der Waals surface area contributed by atoms with Crippen LogP contribution in [0.5, 0.6) is 0 Å². The summed E-state index contributed by atoms with van der Waals surface area (Å²) in [6.45, 7) is 1.89. The number of aryl methyl sites for hydroxylation is 1. The first-order valence-electron chi connectivity index (χ1n) is 8.64. The number of anilines is 1. The summed E-state index contributed by atoms with van der Waals surface area (Å²) in [5, 5.41) is 5.28. The number of hydrogen-bond acceptors (Lipinski definition) is 4. The Morgan fingerprint density at radius 1 is 1.00 bits per heavy atom. The largest absolute Gasteiger partial charge is 0.460 e. The second-order valence-electron chi connectivity index (χ2n) is 6.26. The minimum atomic E-state index is -0.169. The lowest BCUT2D eigenvalue weighted by molar-refractivity contribution is 0.102. The molecule has 2 aromatic heterocycles. The fourth-order valence-corrected chi connectivity index (χ4v) is 3.49. The molecule has 0 aliphatic heterocycles. The summed E-state index contributed by atoms with van der Waals surface area (Å²) in [6, 6.07) is 21.7. The zero-order valence-electron chi connectivity index (χ0n) is 14.8. The van der Waals surface area contributed by atoms with Gasteiger partial charge >= 0.3 is 0 Å². The molecule has 0 atom stereocenters. The normalized spacial score (nSPS) is 10.7. The van der Waals surface area contributed by atoms with Crippen LogP contribution in [0.15, 0.2) is 76.5 Å². The Morgan fingerprint density at radius 3 is 2.44 bits per heavy atom. The molecule has 1 amide bonds. The van der Waals surface area contributed by atoms with E-state index < -0.39 is 0 Å². The lowest BCUT2D eigenvalue weighted by atomic mass is 10.0. The van der Waals surface area contributed by atoms with Crippen LogP contribution in [-0.4, -0.2) is 10.9 Å². The molecule has 27 heavy (non-hydrogen) atoms. The third-order valence-electron chi connectivity index (χ3n) is 4.18. The predicted octanol–water partition coefficient (Wildman–Crippen LogP) is 5.55. The highest BCUT2D eigenvalue weighted by molar-refractivity contribution is 7.14. The van der Waals surface area contributed by atoms with E-state index in [-0.39, 0.29) is 5.91 Å². The first-order valence-corrected chi connectivity index (χ1v) is 9.52. The molecule has 0 saturated carbocycles. The summed E-state index contributed by atoms with van der Waals surface area (Å²) in [5.74, 6) is 1.37. The molecule has 0 unspecified atom stereocenters. The van der Waals surface area contributed by atoms with Gasteiger partial charge in [0.1, 0.15) is 11.5 Å². The average molecular weight is 374 g/mol. The lowest BCUT2D eigenvalue weighted by Crippen LogP contribution is -2.11. The Balaban J connectivity index is 1.42. The zero-order valence-corrected chi connectivity index (χ0v) is 15.6. The Hall–Kier alpha value is -3.18. The highest BCUT2D eigenvalue weighted by Gasteiger charge is 2.12. The number of carbonyl (C=O) groups is 1. The number of rotatable bonds is 5. The minimum Gasteiger partial charge on any atom is -0.460 e. The SMILES string of the molecule is Cc1ccc(-c2csc(NC(=O)c3ccc(Cc4ccccc4)cc3)n2)o1. The van der Waals surface area contributed by atoms with Crippen molar-refractivity contribution in [3.05, 3.63) is 94.6 Å². The van der Waals surface area contributed by atoms with Gasteiger partial charge in [-0.1, -0.05) is 42.5 Å². The maximum atomic E-state index is 12.5. The third kappa shape index (κ3) is 4.15. The Morgan fingerprint density at radius 2 is 1.74 bits per heavy atom. The highest BCUT2D eigenvalue weighted by atomic mass is 32.1. The van der Waals surface area contributed by atoms with Crippen LogP contribution in [0.25, 0.3) is 11.5 Å². The van der Waals surface area contributed by atoms with Crippen LogP contribution in [-0.2, 0) is 6.42 Å². The van der Waals surface area contributed by atoms with Gasteiger partial charge in [-0.25, -0.2) is 4.98 Å². The molecule has 1 N–H and O–H groups in total. The van der Waals surface area contributed by atoms with E-state index in [0.717, 1.165) is 17.9 Å². The minimum absolute atomic E-state index is 0.169. The van der Waals surface area contributed by atoms with Crippen LogP contribution in [0.2, 0.25) is 0 Å². The molecule has 2 heterocycles. The maximum Gasteiger partial charge on any atom is 0.257 e. The molecule has 0 aliphatic carbocycles. The monoisotopic (exact) mass is 374 g/mol. The summed E-state index contributed by atoms with van der Waals surface area (Å²) in [4.78, 5) is 16.9. The van der Waals surface area contributed by atoms with E-state index in [9.17, 15) is 4.79 Å². The van der Waals surface area contributed by atoms with Gasteiger partial charge in [-0.2, -0.15) is 0 Å². The smallest absolute Gasteiger partial charge is 0.257 e. The van der Waals surface area contributed by atoms with Crippen LogP contribution < -0.4 is 5.32 Å². The van der Waals surface area contributed by atoms with E-state index in [0.29, 0.717) is 16.5 Å². The summed E-state index contributed by atoms with van der Waals surface area (Å²) in [5.41, 5.74) is 3.75. The molecule has 134 valence electrons. The van der Waals surface area contributed by atoms with Gasteiger partial charge in [-0.05, 0) is 48.7 Å². The lowest BCUT2D eigenvalue weighted by Gasteiger charge is -2.05. The van der Waals surface area contributed by atoms with Crippen LogP contribution >= 0.6 is 11.3 Å². The fourth-order valence-electron chi connectivity index (χ4n) is 2.79. The van der Waals surface area contributed by atoms with Gasteiger partial charge in [0.25, 0.3) is 5.91 Å². The van der Waals surface area contributed by atoms with Crippen molar-refractivity contribution in [2.24, 2.45) is 0 Å². The number of nitrogens with one attached hydrogen (secondary N) is 1. The second-order valence-corrected chi connectivity index (χ2v) is 7.12. The first kappa shape index (κ1) is 17.2. The molecule has 0 aliphatic rings. The van der Waals surface area contributed by atoms with Gasteiger partial charge in [-0.15, -0.1) is 11.3 Å². The van der Waals surface area contributed by atoms with Crippen LogP contribution in [0.4, 0.5) is 5.13 Å². The number of hydrogen-bond donors (Lipinski definition) is 1. The quantitative estimate of drug-likeness (QED) is 0.498. The van der Waals surface area contributed by atoms with Crippen molar-refractivity contribution in [2.45, 2.75) is 13.3 Å². The molecule has 0 spiro atoms. The van der Waals surface area contributed by atoms with Crippen LogP contribution in [0.3, 0.4) is 0 Å².